The molecular weight excluding hydrogens is 649 g/mol. The number of allylic oxidation sites excluding steroid dienone is 1. The van der Waals surface area contributed by atoms with Crippen molar-refractivity contribution in [1.29, 1.82) is 0 Å². The fourth-order valence-electron chi connectivity index (χ4n) is 9.05. The summed E-state index contributed by atoms with van der Waals surface area (Å²) in [4.78, 5) is 32.4. The Morgan fingerprint density at radius 1 is 0.980 bits per heavy atom. The molecule has 3 heterocycles. The maximum atomic E-state index is 16.8. The zero-order valence-corrected chi connectivity index (χ0v) is 31.1. The van der Waals surface area contributed by atoms with Gasteiger partial charge in [0.05, 0.1) is 36.7 Å². The first-order valence-corrected chi connectivity index (χ1v) is 18.7. The number of carbonyl (C=O) groups is 2. The highest BCUT2D eigenvalue weighted by atomic mass is 19.3. The monoisotopic (exact) mass is 700 g/mol. The molecule has 3 aliphatic heterocycles. The SMILES string of the molecule is COC(=O)C[C@H](C(=O)N1CCC[C@H]1C1=NC=C(c2ccc(-c3ccc(B4OC(C)(C)C(C)(C)O4)c4c3C(F)(F)C3(CCCC3)C4)cc2)C1)C(C)C. The number of rotatable bonds is 8. The molecule has 2 aliphatic carbocycles. The average Bonchev–Trinajstić information content (AvgIpc) is 3.91. The van der Waals surface area contributed by atoms with Crippen molar-refractivity contribution >= 4 is 35.7 Å². The lowest BCUT2D eigenvalue weighted by molar-refractivity contribution is -0.148. The number of nitrogens with zero attached hydrogens (tertiary/aromatic N) is 2. The van der Waals surface area contributed by atoms with Crippen LogP contribution < -0.4 is 5.46 Å². The van der Waals surface area contributed by atoms with Crippen LogP contribution >= 0.6 is 0 Å². The number of esters is 1. The highest BCUT2D eigenvalue weighted by Gasteiger charge is 2.63. The van der Waals surface area contributed by atoms with Gasteiger partial charge in [0.1, 0.15) is 0 Å². The molecule has 0 aromatic heterocycles. The summed E-state index contributed by atoms with van der Waals surface area (Å²) < 4.78 is 51.3. The molecule has 7 nitrogen and oxygen atoms in total. The van der Waals surface area contributed by atoms with Crippen LogP contribution in [0.15, 0.2) is 47.6 Å². The predicted molar refractivity (Wildman–Crippen MR) is 196 cm³/mol. The summed E-state index contributed by atoms with van der Waals surface area (Å²) in [6.45, 7) is 12.5. The smallest absolute Gasteiger partial charge is 0.469 e. The van der Waals surface area contributed by atoms with Crippen molar-refractivity contribution in [3.63, 3.8) is 0 Å². The Hall–Kier alpha value is -3.37. The van der Waals surface area contributed by atoms with E-state index in [2.05, 4.69) is 0 Å². The molecule has 2 saturated heterocycles. The number of aliphatic imine (C=N–C) groups is 1. The maximum absolute atomic E-state index is 16.8. The van der Waals surface area contributed by atoms with Crippen molar-refractivity contribution in [2.24, 2.45) is 22.2 Å². The average molecular weight is 701 g/mol. The van der Waals surface area contributed by atoms with Gasteiger partial charge >= 0.3 is 13.1 Å². The van der Waals surface area contributed by atoms with Crippen molar-refractivity contribution in [3.05, 3.63) is 59.3 Å². The number of likely N-dealkylation sites (tertiary alicyclic amines) is 1. The third-order valence-corrected chi connectivity index (χ3v) is 12.9. The topological polar surface area (TPSA) is 77.4 Å². The second-order valence-electron chi connectivity index (χ2n) is 16.7. The fraction of sp³-hybridized carbons (Fsp3) is 0.585. The van der Waals surface area contributed by atoms with Gasteiger partial charge in [0.2, 0.25) is 5.91 Å². The number of carbonyl (C=O) groups excluding carboxylic acids is 2. The van der Waals surface area contributed by atoms with Crippen molar-refractivity contribution in [2.45, 2.75) is 122 Å². The fourth-order valence-corrected chi connectivity index (χ4v) is 9.05. The second kappa shape index (κ2) is 12.9. The van der Waals surface area contributed by atoms with Crippen LogP contribution in [0.5, 0.6) is 0 Å². The molecule has 2 aromatic carbocycles. The van der Waals surface area contributed by atoms with Gasteiger partial charge in [0, 0.05) is 35.9 Å². The number of hydrogen-bond donors (Lipinski definition) is 0. The highest BCUT2D eigenvalue weighted by Crippen LogP contribution is 2.63. The van der Waals surface area contributed by atoms with Crippen molar-refractivity contribution in [2.75, 3.05) is 13.7 Å². The molecule has 5 aliphatic rings. The van der Waals surface area contributed by atoms with Crippen LogP contribution in [0.3, 0.4) is 0 Å². The molecule has 51 heavy (non-hydrogen) atoms. The summed E-state index contributed by atoms with van der Waals surface area (Å²) in [6.07, 6.45) is 7.24. The molecule has 2 aromatic rings. The van der Waals surface area contributed by atoms with Crippen LogP contribution in [0.25, 0.3) is 16.7 Å². The normalized spacial score (nSPS) is 24.6. The van der Waals surface area contributed by atoms with E-state index in [1.807, 2.05) is 89.0 Å². The van der Waals surface area contributed by atoms with Gasteiger partial charge < -0.3 is 18.9 Å². The summed E-state index contributed by atoms with van der Waals surface area (Å²) in [6, 6.07) is 11.5. The standard InChI is InChI=1S/C41H51BF2N2O5/c1-25(2)30(22-35(47)49-7)37(48)46-20-10-11-34(46)33-21-28(24-45-33)26-12-14-27(15-13-26)29-16-17-32(42-50-38(3,4)39(5,6)51-42)31-23-40(18-8-9-19-40)41(43,44)36(29)31/h12-17,24-25,30,34H,8-11,18-23H2,1-7H3/t30-,34-/m0/s1. The molecule has 0 N–H and O–H groups in total. The number of fused-ring (bicyclic) bond motifs is 1. The number of methoxy groups -OCH3 is 1. The summed E-state index contributed by atoms with van der Waals surface area (Å²) >= 11 is 0. The molecule has 0 bridgehead atoms. The summed E-state index contributed by atoms with van der Waals surface area (Å²) in [7, 11) is 0.647. The van der Waals surface area contributed by atoms with Crippen molar-refractivity contribution in [1.82, 2.24) is 4.90 Å². The molecule has 3 fully saturated rings. The van der Waals surface area contributed by atoms with Gasteiger partial charge in [-0.2, -0.15) is 0 Å². The lowest BCUT2D eigenvalue weighted by Crippen LogP contribution is -2.45. The molecule has 1 saturated carbocycles. The van der Waals surface area contributed by atoms with Crippen LogP contribution in [0.2, 0.25) is 0 Å². The van der Waals surface area contributed by atoms with E-state index in [4.69, 9.17) is 19.0 Å². The molecule has 0 radical (unpaired) electrons. The predicted octanol–water partition coefficient (Wildman–Crippen LogP) is 7.87. The van der Waals surface area contributed by atoms with Gasteiger partial charge in [-0.3, -0.25) is 14.6 Å². The zero-order chi connectivity index (χ0) is 36.5. The van der Waals surface area contributed by atoms with Gasteiger partial charge in [0.25, 0.3) is 5.92 Å². The molecule has 0 unspecified atom stereocenters. The number of amides is 1. The molecule has 272 valence electrons. The largest absolute Gasteiger partial charge is 0.495 e. The Bertz CT molecular complexity index is 1760. The van der Waals surface area contributed by atoms with E-state index in [9.17, 15) is 9.59 Å². The highest BCUT2D eigenvalue weighted by molar-refractivity contribution is 6.62. The van der Waals surface area contributed by atoms with E-state index >= 15 is 8.78 Å². The van der Waals surface area contributed by atoms with Crippen LogP contribution in [0, 0.1) is 17.3 Å². The van der Waals surface area contributed by atoms with Gasteiger partial charge in [-0.25, -0.2) is 8.78 Å². The number of alkyl halides is 2. The van der Waals surface area contributed by atoms with Gasteiger partial charge in [-0.1, -0.05) is 63.1 Å². The van der Waals surface area contributed by atoms with Gasteiger partial charge in [0.15, 0.2) is 0 Å². The summed E-state index contributed by atoms with van der Waals surface area (Å²) in [5.41, 5.74) is 3.58. The molecule has 1 amide bonds. The van der Waals surface area contributed by atoms with Crippen molar-refractivity contribution < 1.29 is 32.4 Å². The first-order chi connectivity index (χ1) is 24.1. The third kappa shape index (κ3) is 5.98. The molecule has 2 atom stereocenters. The maximum Gasteiger partial charge on any atom is 0.495 e. The van der Waals surface area contributed by atoms with E-state index in [1.54, 1.807) is 0 Å². The molecule has 10 heteroatoms. The second-order valence-corrected chi connectivity index (χ2v) is 16.7. The van der Waals surface area contributed by atoms with Crippen LogP contribution in [-0.2, 0) is 36.0 Å². The Labute approximate surface area is 301 Å². The van der Waals surface area contributed by atoms with E-state index in [-0.39, 0.29) is 35.8 Å². The molecule has 7 rings (SSSR count). The first kappa shape index (κ1) is 36.0. The minimum Gasteiger partial charge on any atom is -0.469 e. The number of benzene rings is 2. The Balaban J connectivity index is 1.13. The first-order valence-electron chi connectivity index (χ1n) is 18.7. The third-order valence-electron chi connectivity index (χ3n) is 12.9. The number of ether oxygens (including phenoxy) is 1. The zero-order valence-electron chi connectivity index (χ0n) is 31.1. The van der Waals surface area contributed by atoms with Gasteiger partial charge in [-0.15, -0.1) is 0 Å². The Morgan fingerprint density at radius 2 is 1.63 bits per heavy atom. The quantitative estimate of drug-likeness (QED) is 0.207. The van der Waals surface area contributed by atoms with Crippen molar-refractivity contribution in [3.8, 4) is 11.1 Å². The minimum atomic E-state index is -2.97. The Kier molecular flexibility index (Phi) is 9.14. The lowest BCUT2D eigenvalue weighted by Gasteiger charge is -2.32. The van der Waals surface area contributed by atoms with E-state index < -0.39 is 35.6 Å². The van der Waals surface area contributed by atoms with E-state index in [0.717, 1.165) is 53.6 Å². The summed E-state index contributed by atoms with van der Waals surface area (Å²) in [5, 5.41) is 0. The van der Waals surface area contributed by atoms with E-state index in [0.29, 0.717) is 43.4 Å². The van der Waals surface area contributed by atoms with Gasteiger partial charge in [-0.05, 0) is 99.0 Å². The molecular formula is C41H51BF2N2O5. The lowest BCUT2D eigenvalue weighted by atomic mass is 9.73. The summed E-state index contributed by atoms with van der Waals surface area (Å²) in [5.74, 6) is -3.81. The number of halogens is 2. The number of hydrogen-bond acceptors (Lipinski definition) is 6. The van der Waals surface area contributed by atoms with E-state index in [1.165, 1.54) is 7.11 Å². The minimum absolute atomic E-state index is 0.000297. The van der Waals surface area contributed by atoms with Crippen LogP contribution in [0.1, 0.15) is 110 Å². The van der Waals surface area contributed by atoms with Crippen LogP contribution in [0.4, 0.5) is 8.78 Å². The Morgan fingerprint density at radius 3 is 2.25 bits per heavy atom. The van der Waals surface area contributed by atoms with Crippen LogP contribution in [-0.4, -0.2) is 60.5 Å². The molecule has 1 spiro atoms.